The largest absolute Gasteiger partial charge is 0.461 e. The van der Waals surface area contributed by atoms with E-state index in [1.807, 2.05) is 60.7 Å². The lowest BCUT2D eigenvalue weighted by Crippen LogP contribution is -2.50. The third-order valence-corrected chi connectivity index (χ3v) is 5.96. The summed E-state index contributed by atoms with van der Waals surface area (Å²) in [7, 11) is 0. The summed E-state index contributed by atoms with van der Waals surface area (Å²) in [5.41, 5.74) is -0.419. The Bertz CT molecular complexity index is 963. The zero-order valence-electron chi connectivity index (χ0n) is 21.5. The summed E-state index contributed by atoms with van der Waals surface area (Å²) < 4.78 is 17.2. The van der Waals surface area contributed by atoms with Gasteiger partial charge in [-0.05, 0) is 59.1 Å². The van der Waals surface area contributed by atoms with E-state index in [4.69, 9.17) is 14.2 Å². The molecule has 2 aromatic rings. The van der Waals surface area contributed by atoms with Gasteiger partial charge in [0.2, 0.25) is 0 Å². The number of hydrogen-bond acceptors (Lipinski definition) is 6. The van der Waals surface area contributed by atoms with Crippen LogP contribution in [0.4, 0.5) is 0 Å². The first-order chi connectivity index (χ1) is 16.3. The van der Waals surface area contributed by atoms with Crippen molar-refractivity contribution in [1.82, 2.24) is 0 Å². The van der Waals surface area contributed by atoms with Gasteiger partial charge in [0.1, 0.15) is 17.3 Å². The molecule has 6 nitrogen and oxygen atoms in total. The van der Waals surface area contributed by atoms with E-state index in [1.54, 1.807) is 41.5 Å². The van der Waals surface area contributed by atoms with Crippen LogP contribution in [0.3, 0.4) is 0 Å². The summed E-state index contributed by atoms with van der Waals surface area (Å²) in [5, 5.41) is 0. The van der Waals surface area contributed by atoms with E-state index in [-0.39, 0.29) is 18.8 Å². The van der Waals surface area contributed by atoms with E-state index >= 15 is 0 Å². The molecule has 1 aliphatic rings. The van der Waals surface area contributed by atoms with Gasteiger partial charge in [-0.2, -0.15) is 0 Å². The van der Waals surface area contributed by atoms with Crippen LogP contribution in [0, 0.1) is 5.92 Å². The summed E-state index contributed by atoms with van der Waals surface area (Å²) in [6, 6.07) is 19.6. The number of carbonyl (C=O) groups is 3. The van der Waals surface area contributed by atoms with Gasteiger partial charge in [0, 0.05) is 12.8 Å². The van der Waals surface area contributed by atoms with Gasteiger partial charge in [-0.3, -0.25) is 14.4 Å². The van der Waals surface area contributed by atoms with Crippen LogP contribution < -0.4 is 0 Å². The van der Waals surface area contributed by atoms with E-state index < -0.39 is 40.6 Å². The van der Waals surface area contributed by atoms with E-state index in [9.17, 15) is 14.4 Å². The molecule has 2 aromatic carbocycles. The van der Waals surface area contributed by atoms with Crippen molar-refractivity contribution < 1.29 is 28.6 Å². The summed E-state index contributed by atoms with van der Waals surface area (Å²) in [4.78, 5) is 39.1. The molecule has 0 radical (unpaired) electrons. The van der Waals surface area contributed by atoms with Gasteiger partial charge in [0.05, 0.1) is 5.41 Å². The summed E-state index contributed by atoms with van der Waals surface area (Å²) >= 11 is 0. The zero-order chi connectivity index (χ0) is 25.9. The van der Waals surface area contributed by atoms with Crippen molar-refractivity contribution in [2.75, 3.05) is 0 Å². The number of ether oxygens (including phenoxy) is 3. The smallest absolute Gasteiger partial charge is 0.320 e. The van der Waals surface area contributed by atoms with E-state index in [0.29, 0.717) is 6.42 Å². The van der Waals surface area contributed by atoms with Gasteiger partial charge in [-0.1, -0.05) is 60.7 Å². The fraction of sp³-hybridized carbons (Fsp3) is 0.483. The molecule has 6 heteroatoms. The predicted molar refractivity (Wildman–Crippen MR) is 133 cm³/mol. The Morgan fingerprint density at radius 2 is 1.29 bits per heavy atom. The second kappa shape index (κ2) is 10.2. The minimum absolute atomic E-state index is 0.0562. The van der Waals surface area contributed by atoms with Crippen LogP contribution in [0.25, 0.3) is 0 Å². The van der Waals surface area contributed by atoms with Crippen LogP contribution in [0.15, 0.2) is 60.7 Å². The second-order valence-corrected chi connectivity index (χ2v) is 11.0. The SMILES string of the molecule is CC(C)(C)OC(=O)C(C[C@@H]1OC(=O)CCC1(c1ccccc1)c1ccccc1)C(=O)OC(C)(C)C. The Balaban J connectivity index is 2.10. The molecule has 188 valence electrons. The Hall–Kier alpha value is -3.15. The van der Waals surface area contributed by atoms with Crippen LogP contribution in [0.1, 0.15) is 71.9 Å². The van der Waals surface area contributed by atoms with Crippen molar-refractivity contribution in [2.45, 2.75) is 83.5 Å². The topological polar surface area (TPSA) is 78.9 Å². The molecule has 0 unspecified atom stereocenters. The lowest BCUT2D eigenvalue weighted by atomic mass is 9.64. The third-order valence-electron chi connectivity index (χ3n) is 5.96. The van der Waals surface area contributed by atoms with Crippen LogP contribution in [-0.2, 0) is 34.0 Å². The van der Waals surface area contributed by atoms with Gasteiger partial charge >= 0.3 is 17.9 Å². The summed E-state index contributed by atoms with van der Waals surface area (Å²) in [6.07, 6.45) is -0.123. The maximum absolute atomic E-state index is 13.3. The average Bonchev–Trinajstić information content (AvgIpc) is 2.76. The van der Waals surface area contributed by atoms with Gasteiger partial charge in [0.15, 0.2) is 5.92 Å². The van der Waals surface area contributed by atoms with Crippen molar-refractivity contribution in [2.24, 2.45) is 5.92 Å². The fourth-order valence-electron chi connectivity index (χ4n) is 4.57. The Morgan fingerprint density at radius 1 is 0.857 bits per heavy atom. The molecular formula is C29H36O6. The first-order valence-electron chi connectivity index (χ1n) is 12.1. The molecule has 1 saturated heterocycles. The number of cyclic esters (lactones) is 1. The minimum atomic E-state index is -1.25. The maximum Gasteiger partial charge on any atom is 0.320 e. The maximum atomic E-state index is 13.3. The van der Waals surface area contributed by atoms with Gasteiger partial charge in [-0.25, -0.2) is 0 Å². The number of carbonyl (C=O) groups excluding carboxylic acids is 3. The highest BCUT2D eigenvalue weighted by atomic mass is 16.6. The molecule has 0 amide bonds. The van der Waals surface area contributed by atoms with Crippen molar-refractivity contribution in [1.29, 1.82) is 0 Å². The van der Waals surface area contributed by atoms with Crippen molar-refractivity contribution in [3.63, 3.8) is 0 Å². The molecule has 0 spiro atoms. The molecule has 35 heavy (non-hydrogen) atoms. The third kappa shape index (κ3) is 6.50. The first-order valence-corrected chi connectivity index (χ1v) is 12.1. The molecular weight excluding hydrogens is 444 g/mol. The van der Waals surface area contributed by atoms with Crippen molar-refractivity contribution in [3.8, 4) is 0 Å². The molecule has 1 heterocycles. The van der Waals surface area contributed by atoms with Gasteiger partial charge in [0.25, 0.3) is 0 Å². The first kappa shape index (κ1) is 26.5. The van der Waals surface area contributed by atoms with Gasteiger partial charge < -0.3 is 14.2 Å². The Labute approximate surface area is 208 Å². The standard InChI is InChI=1S/C29H36O6/c1-27(2,3)34-25(31)22(26(32)35-28(4,5)6)19-23-29(18-17-24(30)33-23,20-13-9-7-10-14-20)21-15-11-8-12-16-21/h7-16,22-23H,17-19H2,1-6H3/t23-/m0/s1. The summed E-state index contributed by atoms with van der Waals surface area (Å²) in [6.45, 7) is 10.5. The highest BCUT2D eigenvalue weighted by Crippen LogP contribution is 2.46. The molecule has 0 aromatic heterocycles. The normalized spacial score (nSPS) is 18.0. The van der Waals surface area contributed by atoms with Crippen LogP contribution in [0.5, 0.6) is 0 Å². The van der Waals surface area contributed by atoms with E-state index in [0.717, 1.165) is 11.1 Å². The second-order valence-electron chi connectivity index (χ2n) is 11.0. The Kier molecular flexibility index (Phi) is 7.73. The predicted octanol–water partition coefficient (Wildman–Crippen LogP) is 5.37. The van der Waals surface area contributed by atoms with Crippen molar-refractivity contribution in [3.05, 3.63) is 71.8 Å². The molecule has 1 atom stereocenters. The van der Waals surface area contributed by atoms with Crippen LogP contribution in [-0.4, -0.2) is 35.2 Å². The highest BCUT2D eigenvalue weighted by molar-refractivity contribution is 5.95. The van der Waals surface area contributed by atoms with E-state index in [1.165, 1.54) is 0 Å². The minimum Gasteiger partial charge on any atom is -0.461 e. The number of hydrogen-bond donors (Lipinski definition) is 0. The van der Waals surface area contributed by atoms with Crippen molar-refractivity contribution >= 4 is 17.9 Å². The lowest BCUT2D eigenvalue weighted by Gasteiger charge is -2.45. The van der Waals surface area contributed by atoms with Gasteiger partial charge in [-0.15, -0.1) is 0 Å². The number of benzene rings is 2. The zero-order valence-corrected chi connectivity index (χ0v) is 21.5. The van der Waals surface area contributed by atoms with E-state index in [2.05, 4.69) is 0 Å². The Morgan fingerprint density at radius 3 is 1.69 bits per heavy atom. The monoisotopic (exact) mass is 480 g/mol. The van der Waals surface area contributed by atoms with Crippen LogP contribution in [0.2, 0.25) is 0 Å². The molecule has 0 bridgehead atoms. The summed E-state index contributed by atoms with van der Waals surface area (Å²) in [5.74, 6) is -2.99. The molecule has 3 rings (SSSR count). The quantitative estimate of drug-likeness (QED) is 0.314. The molecule has 1 aliphatic heterocycles. The molecule has 0 N–H and O–H groups in total. The number of rotatable bonds is 6. The fourth-order valence-corrected chi connectivity index (χ4v) is 4.57. The van der Waals surface area contributed by atoms with Crippen LogP contribution >= 0.6 is 0 Å². The molecule has 1 fully saturated rings. The average molecular weight is 481 g/mol. The lowest BCUT2D eigenvalue weighted by molar-refractivity contribution is -0.180. The molecule has 0 saturated carbocycles. The highest BCUT2D eigenvalue weighted by Gasteiger charge is 2.50. The molecule has 0 aliphatic carbocycles. The number of esters is 3.